The Hall–Kier alpha value is -0.730. The smallest absolute Gasteiger partial charge is 0.233 e. The topological polar surface area (TPSA) is 70.1 Å². The maximum Gasteiger partial charge on any atom is 0.233 e. The van der Waals surface area contributed by atoms with Crippen LogP contribution in [0.3, 0.4) is 0 Å². The number of rotatable bonds is 5. The first-order valence-electron chi connectivity index (χ1n) is 6.55. The lowest BCUT2D eigenvalue weighted by Gasteiger charge is -2.39. The van der Waals surface area contributed by atoms with Gasteiger partial charge >= 0.3 is 0 Å². The van der Waals surface area contributed by atoms with Crippen LogP contribution in [0.1, 0.15) is 39.0 Å². The van der Waals surface area contributed by atoms with E-state index in [4.69, 9.17) is 5.73 Å². The third kappa shape index (κ3) is 3.63. The summed E-state index contributed by atoms with van der Waals surface area (Å²) in [6, 6.07) is 2.37. The van der Waals surface area contributed by atoms with Crippen molar-refractivity contribution in [3.63, 3.8) is 0 Å². The number of hydrogen-bond donors (Lipinski definition) is 1. The van der Waals surface area contributed by atoms with Gasteiger partial charge in [-0.15, -0.1) is 11.8 Å². The normalized spacial score (nSPS) is 19.9. The van der Waals surface area contributed by atoms with Crippen molar-refractivity contribution >= 4 is 17.7 Å². The average molecular weight is 269 g/mol. The van der Waals surface area contributed by atoms with Gasteiger partial charge in [0.15, 0.2) is 0 Å². The summed E-state index contributed by atoms with van der Waals surface area (Å²) < 4.78 is 0. The van der Waals surface area contributed by atoms with Crippen molar-refractivity contribution in [1.82, 2.24) is 4.90 Å². The molecule has 1 amide bonds. The maximum absolute atomic E-state index is 12.1. The first-order chi connectivity index (χ1) is 8.55. The van der Waals surface area contributed by atoms with Gasteiger partial charge in [-0.05, 0) is 12.8 Å². The van der Waals surface area contributed by atoms with Gasteiger partial charge in [0.05, 0.1) is 11.8 Å². The fourth-order valence-corrected chi connectivity index (χ4v) is 3.03. The highest BCUT2D eigenvalue weighted by Crippen LogP contribution is 2.32. The van der Waals surface area contributed by atoms with Gasteiger partial charge in [-0.25, -0.2) is 0 Å². The maximum atomic E-state index is 12.1. The summed E-state index contributed by atoms with van der Waals surface area (Å²) in [4.78, 5) is 13.8. The van der Waals surface area contributed by atoms with Gasteiger partial charge in [-0.2, -0.15) is 5.26 Å². The van der Waals surface area contributed by atoms with Crippen molar-refractivity contribution in [3.8, 4) is 6.07 Å². The van der Waals surface area contributed by atoms with Crippen LogP contribution in [0.4, 0.5) is 0 Å². The molecular formula is C13H23N3OS. The molecular weight excluding hydrogens is 246 g/mol. The molecule has 0 heterocycles. The lowest BCUT2D eigenvalue weighted by atomic mass is 9.81. The molecule has 1 atom stereocenters. The minimum atomic E-state index is -0.568. The highest BCUT2D eigenvalue weighted by molar-refractivity contribution is 8.00. The van der Waals surface area contributed by atoms with Crippen molar-refractivity contribution in [3.05, 3.63) is 0 Å². The molecule has 1 aliphatic rings. The molecule has 0 aromatic rings. The van der Waals surface area contributed by atoms with E-state index in [-0.39, 0.29) is 11.2 Å². The Balaban J connectivity index is 2.58. The Morgan fingerprint density at radius 1 is 1.50 bits per heavy atom. The number of carbonyl (C=O) groups is 1. The predicted octanol–water partition coefficient (Wildman–Crippen LogP) is 1.75. The molecule has 5 heteroatoms. The molecule has 0 aromatic carbocycles. The molecule has 1 unspecified atom stereocenters. The van der Waals surface area contributed by atoms with E-state index in [0.29, 0.717) is 12.3 Å². The Labute approximate surface area is 114 Å². The summed E-state index contributed by atoms with van der Waals surface area (Å²) in [6.45, 7) is 2.59. The second kappa shape index (κ2) is 7.01. The zero-order valence-corrected chi connectivity index (χ0v) is 12.1. The summed E-state index contributed by atoms with van der Waals surface area (Å²) in [5.74, 6) is 0.460. The standard InChI is InChI=1S/C13H23N3OS/c1-11(8-14)18-9-12(17)16(2)13(10-15)6-4-3-5-7-13/h11H,3-9,14H2,1-2H3. The Bertz CT molecular complexity index is 321. The van der Waals surface area contributed by atoms with E-state index in [1.54, 1.807) is 23.7 Å². The van der Waals surface area contributed by atoms with Crippen LogP contribution in [0.5, 0.6) is 0 Å². The summed E-state index contributed by atoms with van der Waals surface area (Å²) >= 11 is 1.56. The van der Waals surface area contributed by atoms with E-state index in [1.165, 1.54) is 6.42 Å². The average Bonchev–Trinajstić information content (AvgIpc) is 2.44. The number of thioether (sulfide) groups is 1. The van der Waals surface area contributed by atoms with Crippen LogP contribution in [0.25, 0.3) is 0 Å². The van der Waals surface area contributed by atoms with E-state index >= 15 is 0 Å². The fourth-order valence-electron chi connectivity index (χ4n) is 2.28. The molecule has 4 nitrogen and oxygen atoms in total. The van der Waals surface area contributed by atoms with Crippen LogP contribution in [0, 0.1) is 11.3 Å². The van der Waals surface area contributed by atoms with Gasteiger partial charge in [0, 0.05) is 18.8 Å². The number of amides is 1. The molecule has 102 valence electrons. The third-order valence-corrected chi connectivity index (χ3v) is 4.90. The SMILES string of the molecule is CC(CN)SCC(=O)N(C)C1(C#N)CCCCC1. The fraction of sp³-hybridized carbons (Fsp3) is 0.846. The minimum absolute atomic E-state index is 0.0451. The van der Waals surface area contributed by atoms with Crippen molar-refractivity contribution in [2.45, 2.75) is 49.8 Å². The third-order valence-electron chi connectivity index (χ3n) is 3.73. The molecule has 0 bridgehead atoms. The molecule has 1 saturated carbocycles. The van der Waals surface area contributed by atoms with Crippen LogP contribution < -0.4 is 5.73 Å². The number of nitrogens with zero attached hydrogens (tertiary/aromatic N) is 2. The van der Waals surface area contributed by atoms with Crippen LogP contribution in [0.15, 0.2) is 0 Å². The second-order valence-corrected chi connectivity index (χ2v) is 6.44. The number of nitriles is 1. The van der Waals surface area contributed by atoms with E-state index in [0.717, 1.165) is 25.7 Å². The summed E-state index contributed by atoms with van der Waals surface area (Å²) in [5.41, 5.74) is 4.96. The Kier molecular flexibility index (Phi) is 5.97. The Morgan fingerprint density at radius 2 is 2.11 bits per heavy atom. The highest BCUT2D eigenvalue weighted by atomic mass is 32.2. The summed E-state index contributed by atoms with van der Waals surface area (Å²) in [5, 5.41) is 9.70. The molecule has 0 saturated heterocycles. The molecule has 0 radical (unpaired) electrons. The van der Waals surface area contributed by atoms with Crippen LogP contribution in [-0.4, -0.2) is 40.9 Å². The molecule has 2 N–H and O–H groups in total. The lowest BCUT2D eigenvalue weighted by Crippen LogP contribution is -2.50. The second-order valence-electron chi connectivity index (χ2n) is 5.01. The van der Waals surface area contributed by atoms with Crippen molar-refractivity contribution in [2.75, 3.05) is 19.3 Å². The zero-order valence-electron chi connectivity index (χ0n) is 11.3. The van der Waals surface area contributed by atoms with Gasteiger partial charge in [-0.3, -0.25) is 4.79 Å². The molecule has 0 spiro atoms. The first-order valence-corrected chi connectivity index (χ1v) is 7.60. The molecule has 1 rings (SSSR count). The molecule has 1 fully saturated rings. The zero-order chi connectivity index (χ0) is 13.6. The van der Waals surface area contributed by atoms with E-state index in [9.17, 15) is 10.1 Å². The van der Waals surface area contributed by atoms with Crippen LogP contribution >= 0.6 is 11.8 Å². The highest BCUT2D eigenvalue weighted by Gasteiger charge is 2.38. The summed E-state index contributed by atoms with van der Waals surface area (Å²) in [6.07, 6.45) is 4.87. The largest absolute Gasteiger partial charge is 0.329 e. The molecule has 0 aliphatic heterocycles. The minimum Gasteiger partial charge on any atom is -0.329 e. The number of nitrogens with two attached hydrogens (primary N) is 1. The Morgan fingerprint density at radius 3 is 2.61 bits per heavy atom. The predicted molar refractivity (Wildman–Crippen MR) is 75.2 cm³/mol. The molecule has 18 heavy (non-hydrogen) atoms. The lowest BCUT2D eigenvalue weighted by molar-refractivity contribution is -0.131. The van der Waals surface area contributed by atoms with Crippen molar-refractivity contribution in [2.24, 2.45) is 5.73 Å². The quantitative estimate of drug-likeness (QED) is 0.825. The van der Waals surface area contributed by atoms with Crippen LogP contribution in [-0.2, 0) is 4.79 Å². The van der Waals surface area contributed by atoms with Crippen LogP contribution in [0.2, 0.25) is 0 Å². The monoisotopic (exact) mass is 269 g/mol. The summed E-state index contributed by atoms with van der Waals surface area (Å²) in [7, 11) is 1.77. The first kappa shape index (κ1) is 15.3. The van der Waals surface area contributed by atoms with Crippen molar-refractivity contribution in [1.29, 1.82) is 5.26 Å². The van der Waals surface area contributed by atoms with Crippen molar-refractivity contribution < 1.29 is 4.79 Å². The van der Waals surface area contributed by atoms with E-state index < -0.39 is 5.54 Å². The van der Waals surface area contributed by atoms with Gasteiger partial charge in [0.1, 0.15) is 5.54 Å². The van der Waals surface area contributed by atoms with Gasteiger partial charge in [0.25, 0.3) is 0 Å². The van der Waals surface area contributed by atoms with Gasteiger partial charge in [-0.1, -0.05) is 26.2 Å². The number of carbonyl (C=O) groups excluding carboxylic acids is 1. The van der Waals surface area contributed by atoms with E-state index in [2.05, 4.69) is 6.07 Å². The van der Waals surface area contributed by atoms with E-state index in [1.807, 2.05) is 6.92 Å². The van der Waals surface area contributed by atoms with Gasteiger partial charge < -0.3 is 10.6 Å². The molecule has 0 aromatic heterocycles. The molecule has 1 aliphatic carbocycles. The van der Waals surface area contributed by atoms with Gasteiger partial charge in [0.2, 0.25) is 5.91 Å². The number of hydrogen-bond acceptors (Lipinski definition) is 4.